The van der Waals surface area contributed by atoms with Gasteiger partial charge in [-0.15, -0.1) is 0 Å². The third kappa shape index (κ3) is 3.22. The lowest BCUT2D eigenvalue weighted by molar-refractivity contribution is 1.32. The highest BCUT2D eigenvalue weighted by Gasteiger charge is 2.07. The van der Waals surface area contributed by atoms with E-state index in [9.17, 15) is 0 Å². The molecule has 2 heterocycles. The van der Waals surface area contributed by atoms with Gasteiger partial charge in [0.05, 0.1) is 28.1 Å². The number of rotatable bonds is 2. The Hall–Kier alpha value is -2.11. The molecule has 0 spiro atoms. The van der Waals surface area contributed by atoms with Crippen LogP contribution in [-0.2, 0) is 0 Å². The van der Waals surface area contributed by atoms with E-state index in [-0.39, 0.29) is 0 Å². The molecule has 2 aromatic heterocycles. The lowest BCUT2D eigenvalue weighted by Crippen LogP contribution is -1.99. The number of pyridine rings is 2. The Labute approximate surface area is 162 Å². The van der Waals surface area contributed by atoms with Crippen LogP contribution in [0.5, 0.6) is 0 Å². The molecule has 0 radical (unpaired) electrons. The molecule has 3 nitrogen and oxygen atoms in total. The molecule has 0 N–H and O–H groups in total. The van der Waals surface area contributed by atoms with Crippen LogP contribution in [0.1, 0.15) is 12.6 Å². The second-order valence-electron chi connectivity index (χ2n) is 5.70. The zero-order chi connectivity index (χ0) is 17.4. The summed E-state index contributed by atoms with van der Waals surface area (Å²) in [5, 5.41) is 2.16. The fourth-order valence-corrected chi connectivity index (χ4v) is 3.87. The molecule has 0 aliphatic rings. The van der Waals surface area contributed by atoms with Crippen LogP contribution in [0.2, 0.25) is 0 Å². The van der Waals surface area contributed by atoms with Crippen LogP contribution >= 0.6 is 31.9 Å². The number of aliphatic imine (C=N–C) groups is 1. The van der Waals surface area contributed by atoms with Crippen molar-refractivity contribution in [3.63, 3.8) is 0 Å². The number of fused-ring (bicyclic) bond motifs is 3. The van der Waals surface area contributed by atoms with Crippen molar-refractivity contribution in [2.75, 3.05) is 0 Å². The monoisotopic (exact) mass is 453 g/mol. The van der Waals surface area contributed by atoms with E-state index in [0.717, 1.165) is 47.8 Å². The third-order valence-electron chi connectivity index (χ3n) is 4.00. The number of halogens is 2. The first-order chi connectivity index (χ1) is 12.1. The largest absolute Gasteiger partial charge is 0.254 e. The van der Waals surface area contributed by atoms with Gasteiger partial charge in [-0.1, -0.05) is 40.2 Å². The molecule has 0 amide bonds. The van der Waals surface area contributed by atoms with Gasteiger partial charge in [0.25, 0.3) is 0 Å². The van der Waals surface area contributed by atoms with Crippen molar-refractivity contribution >= 4 is 65.1 Å². The van der Waals surface area contributed by atoms with Crippen LogP contribution in [0.3, 0.4) is 0 Å². The summed E-state index contributed by atoms with van der Waals surface area (Å²) in [5.74, 6) is 0. The van der Waals surface area contributed by atoms with Crippen molar-refractivity contribution in [3.8, 4) is 0 Å². The highest BCUT2D eigenvalue weighted by atomic mass is 79.9. The molecule has 4 aromatic rings. The number of nitrogens with zero attached hydrogens (tertiary/aromatic N) is 3. The van der Waals surface area contributed by atoms with Gasteiger partial charge >= 0.3 is 0 Å². The van der Waals surface area contributed by atoms with E-state index in [1.54, 1.807) is 6.20 Å². The van der Waals surface area contributed by atoms with E-state index in [1.807, 2.05) is 37.3 Å². The number of benzene rings is 2. The van der Waals surface area contributed by atoms with Gasteiger partial charge in [0.15, 0.2) is 0 Å². The van der Waals surface area contributed by atoms with Gasteiger partial charge < -0.3 is 0 Å². The minimum Gasteiger partial charge on any atom is -0.254 e. The first-order valence-electron chi connectivity index (χ1n) is 7.77. The molecular formula is C20H13Br2N3. The summed E-state index contributed by atoms with van der Waals surface area (Å²) in [7, 11) is 0. The predicted octanol–water partition coefficient (Wildman–Crippen LogP) is 6.45. The number of aromatic nitrogens is 2. The van der Waals surface area contributed by atoms with Crippen molar-refractivity contribution in [1.82, 2.24) is 9.97 Å². The van der Waals surface area contributed by atoms with Crippen LogP contribution in [0.25, 0.3) is 21.8 Å². The Kier molecular flexibility index (Phi) is 4.36. The molecule has 0 bridgehead atoms. The Morgan fingerprint density at radius 2 is 1.68 bits per heavy atom. The van der Waals surface area contributed by atoms with Crippen molar-refractivity contribution in [3.05, 3.63) is 75.4 Å². The summed E-state index contributed by atoms with van der Waals surface area (Å²) in [6.07, 6.45) is 1.80. The maximum Gasteiger partial charge on any atom is 0.0972 e. The number of hydrogen-bond donors (Lipinski definition) is 0. The summed E-state index contributed by atoms with van der Waals surface area (Å²) < 4.78 is 1.95. The summed E-state index contributed by atoms with van der Waals surface area (Å²) in [5.41, 5.74) is 4.40. The van der Waals surface area contributed by atoms with Gasteiger partial charge in [-0.3, -0.25) is 9.98 Å². The van der Waals surface area contributed by atoms with Crippen molar-refractivity contribution < 1.29 is 0 Å². The molecule has 0 unspecified atom stereocenters. The minimum atomic E-state index is 0.848. The maximum absolute atomic E-state index is 4.83. The molecule has 2 aromatic carbocycles. The standard InChI is InChI=1S/C20H13Br2N3/c1-12(24-18-9-7-15(21)11-16(18)22)17-8-6-14-5-4-13-3-2-10-23-19(13)20(14)25-17/h2-11H,1H3. The normalized spacial score (nSPS) is 12.0. The zero-order valence-corrected chi connectivity index (χ0v) is 16.5. The fraction of sp³-hybridized carbons (Fsp3) is 0.0500. The van der Waals surface area contributed by atoms with Gasteiger partial charge in [0.1, 0.15) is 0 Å². The van der Waals surface area contributed by atoms with Crippen molar-refractivity contribution in [2.45, 2.75) is 6.92 Å². The highest BCUT2D eigenvalue weighted by Crippen LogP contribution is 2.29. The van der Waals surface area contributed by atoms with E-state index < -0.39 is 0 Å². The van der Waals surface area contributed by atoms with E-state index in [2.05, 4.69) is 61.1 Å². The number of hydrogen-bond acceptors (Lipinski definition) is 3. The Morgan fingerprint density at radius 3 is 2.48 bits per heavy atom. The summed E-state index contributed by atoms with van der Waals surface area (Å²) in [6.45, 7) is 1.97. The third-order valence-corrected chi connectivity index (χ3v) is 5.13. The Balaban J connectivity index is 1.85. The fourth-order valence-electron chi connectivity index (χ4n) is 2.74. The first kappa shape index (κ1) is 16.4. The van der Waals surface area contributed by atoms with E-state index in [4.69, 9.17) is 9.98 Å². The average Bonchev–Trinajstić information content (AvgIpc) is 2.63. The quantitative estimate of drug-likeness (QED) is 0.258. The van der Waals surface area contributed by atoms with Gasteiger partial charge in [-0.25, -0.2) is 4.98 Å². The SMILES string of the molecule is CC(=Nc1ccc(Br)cc1Br)c1ccc2ccc3cccnc3c2n1. The van der Waals surface area contributed by atoms with Crippen LogP contribution in [0, 0.1) is 0 Å². The summed E-state index contributed by atoms with van der Waals surface area (Å²) in [4.78, 5) is 14.1. The molecule has 122 valence electrons. The van der Waals surface area contributed by atoms with Gasteiger partial charge in [-0.2, -0.15) is 0 Å². The second-order valence-corrected chi connectivity index (χ2v) is 7.47. The van der Waals surface area contributed by atoms with Gasteiger partial charge in [-0.05, 0) is 53.2 Å². The molecule has 4 rings (SSSR count). The van der Waals surface area contributed by atoms with Crippen LogP contribution in [0.4, 0.5) is 5.69 Å². The van der Waals surface area contributed by atoms with E-state index in [0.29, 0.717) is 0 Å². The minimum absolute atomic E-state index is 0.848. The van der Waals surface area contributed by atoms with Gasteiger partial charge in [0, 0.05) is 25.9 Å². The van der Waals surface area contributed by atoms with Crippen molar-refractivity contribution in [2.24, 2.45) is 4.99 Å². The predicted molar refractivity (Wildman–Crippen MR) is 111 cm³/mol. The topological polar surface area (TPSA) is 38.1 Å². The van der Waals surface area contributed by atoms with E-state index >= 15 is 0 Å². The lowest BCUT2D eigenvalue weighted by Gasteiger charge is -2.06. The molecular weight excluding hydrogens is 442 g/mol. The second kappa shape index (κ2) is 6.65. The Morgan fingerprint density at radius 1 is 0.920 bits per heavy atom. The molecule has 0 fully saturated rings. The summed E-state index contributed by atoms with van der Waals surface area (Å²) in [6, 6.07) is 18.1. The molecule has 0 atom stereocenters. The van der Waals surface area contributed by atoms with Crippen LogP contribution < -0.4 is 0 Å². The zero-order valence-electron chi connectivity index (χ0n) is 13.4. The first-order valence-corrected chi connectivity index (χ1v) is 9.35. The molecule has 0 saturated heterocycles. The maximum atomic E-state index is 4.83. The molecule has 0 saturated carbocycles. The van der Waals surface area contributed by atoms with E-state index in [1.165, 1.54) is 0 Å². The van der Waals surface area contributed by atoms with Crippen molar-refractivity contribution in [1.29, 1.82) is 0 Å². The molecule has 25 heavy (non-hydrogen) atoms. The molecule has 5 heteroatoms. The smallest absolute Gasteiger partial charge is 0.0972 e. The van der Waals surface area contributed by atoms with Crippen LogP contribution in [0.15, 0.2) is 74.7 Å². The Bertz CT molecular complexity index is 1140. The average molecular weight is 455 g/mol. The highest BCUT2D eigenvalue weighted by molar-refractivity contribution is 9.11. The van der Waals surface area contributed by atoms with Crippen LogP contribution in [-0.4, -0.2) is 15.7 Å². The molecule has 0 aliphatic heterocycles. The lowest BCUT2D eigenvalue weighted by atomic mass is 10.1. The van der Waals surface area contributed by atoms with Gasteiger partial charge in [0.2, 0.25) is 0 Å². The summed E-state index contributed by atoms with van der Waals surface area (Å²) >= 11 is 7.01. The molecule has 0 aliphatic carbocycles.